The van der Waals surface area contributed by atoms with Crippen molar-refractivity contribution in [2.24, 2.45) is 0 Å². The molecule has 0 saturated carbocycles. The zero-order chi connectivity index (χ0) is 19.9. The Bertz CT molecular complexity index is 818. The number of sulfonamides is 1. The molecule has 0 aliphatic heterocycles. The van der Waals surface area contributed by atoms with Crippen LogP contribution in [0.2, 0.25) is 0 Å². The molecule has 1 aromatic carbocycles. The summed E-state index contributed by atoms with van der Waals surface area (Å²) in [5.41, 5.74) is 2.29. The number of anilines is 1. The molecule has 0 fully saturated rings. The Kier molecular flexibility index (Phi) is 7.82. The molecule has 0 radical (unpaired) electrons. The molecule has 2 rings (SSSR count). The van der Waals surface area contributed by atoms with E-state index in [-0.39, 0.29) is 5.91 Å². The van der Waals surface area contributed by atoms with Gasteiger partial charge in [0.1, 0.15) is 0 Å². The number of hydrogen-bond acceptors (Lipinski definition) is 5. The number of thiophene rings is 1. The average Bonchev–Trinajstić information content (AvgIpc) is 3.10. The van der Waals surface area contributed by atoms with Crippen LogP contribution >= 0.6 is 11.3 Å². The molecule has 1 aromatic heterocycles. The molecule has 1 amide bonds. The molecule has 27 heavy (non-hydrogen) atoms. The van der Waals surface area contributed by atoms with Crippen molar-refractivity contribution in [3.05, 3.63) is 52.2 Å². The highest BCUT2D eigenvalue weighted by Crippen LogP contribution is 2.13. The summed E-state index contributed by atoms with van der Waals surface area (Å²) < 4.78 is 24.8. The van der Waals surface area contributed by atoms with E-state index in [1.165, 1.54) is 5.56 Å². The molecule has 1 atom stereocenters. The fourth-order valence-electron chi connectivity index (χ4n) is 2.89. The molecule has 0 saturated heterocycles. The number of likely N-dealkylation sites (N-methyl/N-ethyl adjacent to an activating group) is 1. The Morgan fingerprint density at radius 3 is 2.48 bits per heavy atom. The Balaban J connectivity index is 1.81. The van der Waals surface area contributed by atoms with E-state index in [2.05, 4.69) is 45.6 Å². The topological polar surface area (TPSA) is 78.5 Å². The van der Waals surface area contributed by atoms with E-state index in [1.54, 1.807) is 35.6 Å². The van der Waals surface area contributed by atoms with Crippen LogP contribution in [-0.2, 0) is 16.4 Å². The number of carbonyl (C=O) groups is 1. The van der Waals surface area contributed by atoms with E-state index in [0.29, 0.717) is 23.8 Å². The van der Waals surface area contributed by atoms with Gasteiger partial charge in [-0.15, -0.1) is 0 Å². The molecule has 6 nitrogen and oxygen atoms in total. The molecule has 2 N–H and O–H groups in total. The van der Waals surface area contributed by atoms with Crippen molar-refractivity contribution in [3.63, 3.8) is 0 Å². The van der Waals surface area contributed by atoms with Gasteiger partial charge in [-0.3, -0.25) is 14.4 Å². The lowest BCUT2D eigenvalue weighted by atomic mass is 10.1. The normalized spacial score (nSPS) is 12.7. The van der Waals surface area contributed by atoms with Crippen LogP contribution in [0, 0.1) is 0 Å². The van der Waals surface area contributed by atoms with Gasteiger partial charge < -0.3 is 5.32 Å². The minimum absolute atomic E-state index is 0.164. The minimum Gasteiger partial charge on any atom is -0.351 e. The van der Waals surface area contributed by atoms with Crippen LogP contribution in [-0.4, -0.2) is 51.2 Å². The van der Waals surface area contributed by atoms with Gasteiger partial charge in [-0.05, 0) is 66.5 Å². The summed E-state index contributed by atoms with van der Waals surface area (Å²) >= 11 is 1.71. The Labute approximate surface area is 165 Å². The molecular formula is C19H27N3O3S2. The van der Waals surface area contributed by atoms with E-state index < -0.39 is 10.0 Å². The lowest BCUT2D eigenvalue weighted by molar-refractivity contribution is 0.0945. The van der Waals surface area contributed by atoms with Gasteiger partial charge in [0.15, 0.2) is 0 Å². The minimum atomic E-state index is -3.32. The van der Waals surface area contributed by atoms with Crippen LogP contribution in [0.5, 0.6) is 0 Å². The fourth-order valence-corrected chi connectivity index (χ4v) is 4.13. The van der Waals surface area contributed by atoms with E-state index in [1.807, 2.05) is 0 Å². The van der Waals surface area contributed by atoms with E-state index >= 15 is 0 Å². The Morgan fingerprint density at radius 1 is 1.22 bits per heavy atom. The molecule has 1 heterocycles. The lowest BCUT2D eigenvalue weighted by Crippen LogP contribution is -2.40. The van der Waals surface area contributed by atoms with Gasteiger partial charge in [-0.2, -0.15) is 11.3 Å². The number of nitrogens with zero attached hydrogens (tertiary/aromatic N) is 1. The average molecular weight is 410 g/mol. The predicted octanol–water partition coefficient (Wildman–Crippen LogP) is 2.80. The van der Waals surface area contributed by atoms with Crippen LogP contribution in [0.4, 0.5) is 5.69 Å². The van der Waals surface area contributed by atoms with Gasteiger partial charge in [0.05, 0.1) is 6.26 Å². The summed E-state index contributed by atoms with van der Waals surface area (Å²) in [7, 11) is -3.32. The zero-order valence-corrected chi connectivity index (χ0v) is 17.6. The molecular weight excluding hydrogens is 382 g/mol. The first kappa shape index (κ1) is 21.4. The van der Waals surface area contributed by atoms with Crippen molar-refractivity contribution in [1.82, 2.24) is 10.2 Å². The Morgan fingerprint density at radius 2 is 1.93 bits per heavy atom. The van der Waals surface area contributed by atoms with Crippen molar-refractivity contribution in [1.29, 1.82) is 0 Å². The smallest absolute Gasteiger partial charge is 0.251 e. The summed E-state index contributed by atoms with van der Waals surface area (Å²) in [6.45, 7) is 6.59. The molecule has 148 valence electrons. The predicted molar refractivity (Wildman–Crippen MR) is 112 cm³/mol. The van der Waals surface area contributed by atoms with Crippen molar-refractivity contribution in [3.8, 4) is 0 Å². The number of nitrogens with one attached hydrogen (secondary N) is 2. The number of benzene rings is 1. The summed E-state index contributed by atoms with van der Waals surface area (Å²) in [6, 6.07) is 8.94. The van der Waals surface area contributed by atoms with Gasteiger partial charge in [0.25, 0.3) is 5.91 Å². The Hall–Kier alpha value is -1.90. The molecule has 2 aromatic rings. The number of carbonyl (C=O) groups excluding carboxylic acids is 1. The van der Waals surface area contributed by atoms with Crippen LogP contribution in [0.1, 0.15) is 29.8 Å². The van der Waals surface area contributed by atoms with Gasteiger partial charge in [0.2, 0.25) is 10.0 Å². The summed E-state index contributed by atoms with van der Waals surface area (Å²) in [5.74, 6) is -0.164. The van der Waals surface area contributed by atoms with Crippen molar-refractivity contribution in [2.75, 3.05) is 30.6 Å². The van der Waals surface area contributed by atoms with E-state index in [0.717, 1.165) is 25.8 Å². The lowest BCUT2D eigenvalue weighted by Gasteiger charge is -2.27. The third-order valence-corrected chi connectivity index (χ3v) is 5.61. The zero-order valence-electron chi connectivity index (χ0n) is 15.9. The van der Waals surface area contributed by atoms with Crippen LogP contribution in [0.15, 0.2) is 41.1 Å². The van der Waals surface area contributed by atoms with Crippen molar-refractivity contribution in [2.45, 2.75) is 26.3 Å². The maximum Gasteiger partial charge on any atom is 0.251 e. The van der Waals surface area contributed by atoms with Gasteiger partial charge in [-0.1, -0.05) is 6.92 Å². The summed E-state index contributed by atoms with van der Waals surface area (Å²) in [4.78, 5) is 14.6. The van der Waals surface area contributed by atoms with Crippen molar-refractivity contribution < 1.29 is 13.2 Å². The summed E-state index contributed by atoms with van der Waals surface area (Å²) in [5, 5.41) is 7.20. The number of rotatable bonds is 10. The second kappa shape index (κ2) is 9.87. The third kappa shape index (κ3) is 7.32. The largest absolute Gasteiger partial charge is 0.351 e. The van der Waals surface area contributed by atoms with Crippen LogP contribution in [0.25, 0.3) is 0 Å². The monoisotopic (exact) mass is 409 g/mol. The SMILES string of the molecule is CCN(CCNC(=O)c1ccc(NS(C)(=O)=O)cc1)C(C)Cc1ccsc1. The molecule has 1 unspecified atom stereocenters. The maximum absolute atomic E-state index is 12.3. The third-order valence-electron chi connectivity index (χ3n) is 4.28. The van der Waals surface area contributed by atoms with Gasteiger partial charge in [-0.25, -0.2) is 8.42 Å². The fraction of sp³-hybridized carbons (Fsp3) is 0.421. The highest BCUT2D eigenvalue weighted by Gasteiger charge is 2.13. The second-order valence-electron chi connectivity index (χ2n) is 6.52. The molecule has 0 aliphatic rings. The van der Waals surface area contributed by atoms with Crippen LogP contribution < -0.4 is 10.0 Å². The second-order valence-corrected chi connectivity index (χ2v) is 9.05. The molecule has 0 aliphatic carbocycles. The van der Waals surface area contributed by atoms with E-state index in [4.69, 9.17) is 0 Å². The van der Waals surface area contributed by atoms with Gasteiger partial charge >= 0.3 is 0 Å². The van der Waals surface area contributed by atoms with Crippen LogP contribution in [0.3, 0.4) is 0 Å². The molecule has 0 bridgehead atoms. The first-order valence-corrected chi connectivity index (χ1v) is 11.7. The number of amides is 1. The van der Waals surface area contributed by atoms with Gasteiger partial charge in [0, 0.05) is 30.4 Å². The first-order chi connectivity index (χ1) is 12.8. The summed E-state index contributed by atoms with van der Waals surface area (Å²) in [6.07, 6.45) is 2.09. The standard InChI is InChI=1S/C19H27N3O3S2/c1-4-22(15(2)13-16-9-12-26-14-16)11-10-20-19(23)17-5-7-18(8-6-17)21-27(3,24)25/h5-9,12,14-15,21H,4,10-11,13H2,1-3H3,(H,20,23). The van der Waals surface area contributed by atoms with E-state index in [9.17, 15) is 13.2 Å². The quantitative estimate of drug-likeness (QED) is 0.632. The number of hydrogen-bond donors (Lipinski definition) is 2. The maximum atomic E-state index is 12.3. The highest BCUT2D eigenvalue weighted by atomic mass is 32.2. The molecule has 0 spiro atoms. The first-order valence-electron chi connectivity index (χ1n) is 8.89. The molecule has 8 heteroatoms. The highest BCUT2D eigenvalue weighted by molar-refractivity contribution is 7.92. The van der Waals surface area contributed by atoms with Crippen molar-refractivity contribution >= 4 is 33.0 Å².